The zero-order chi connectivity index (χ0) is 18.2. The first-order valence-corrected chi connectivity index (χ1v) is 7.91. The molecule has 0 bridgehead atoms. The number of rotatable bonds is 8. The number of nitrogens with one attached hydrogen (secondary N) is 1. The van der Waals surface area contributed by atoms with Crippen molar-refractivity contribution in [3.8, 4) is 5.75 Å². The van der Waals surface area contributed by atoms with E-state index in [1.807, 2.05) is 42.3 Å². The van der Waals surface area contributed by atoms with E-state index in [1.54, 1.807) is 13.0 Å². The van der Waals surface area contributed by atoms with Crippen molar-refractivity contribution in [2.24, 2.45) is 0 Å². The largest absolute Gasteiger partial charge is 0.492 e. The van der Waals surface area contributed by atoms with Crippen molar-refractivity contribution < 1.29 is 14.5 Å². The monoisotopic (exact) mass is 343 g/mol. The highest BCUT2D eigenvalue weighted by atomic mass is 16.6. The third-order valence-electron chi connectivity index (χ3n) is 3.82. The normalized spacial score (nSPS) is 11.8. The van der Waals surface area contributed by atoms with Crippen LogP contribution < -0.4 is 10.1 Å². The highest BCUT2D eigenvalue weighted by Gasteiger charge is 2.18. The van der Waals surface area contributed by atoms with E-state index in [4.69, 9.17) is 4.74 Å². The summed E-state index contributed by atoms with van der Waals surface area (Å²) in [4.78, 5) is 24.5. The van der Waals surface area contributed by atoms with Crippen molar-refractivity contribution in [1.82, 2.24) is 4.90 Å². The van der Waals surface area contributed by atoms with E-state index >= 15 is 0 Å². The van der Waals surface area contributed by atoms with Gasteiger partial charge in [-0.2, -0.15) is 0 Å². The summed E-state index contributed by atoms with van der Waals surface area (Å²) in [6, 6.07) is 14.9. The van der Waals surface area contributed by atoms with E-state index in [0.29, 0.717) is 18.8 Å². The number of nitro benzene ring substituents is 1. The van der Waals surface area contributed by atoms with Crippen LogP contribution in [-0.4, -0.2) is 42.0 Å². The molecule has 0 aliphatic heterocycles. The van der Waals surface area contributed by atoms with Gasteiger partial charge in [0.15, 0.2) is 0 Å². The van der Waals surface area contributed by atoms with Gasteiger partial charge < -0.3 is 10.1 Å². The van der Waals surface area contributed by atoms with Gasteiger partial charge in [0.05, 0.1) is 11.0 Å². The maximum Gasteiger partial charge on any atom is 0.271 e. The highest BCUT2D eigenvalue weighted by Crippen LogP contribution is 2.17. The van der Waals surface area contributed by atoms with E-state index in [1.165, 1.54) is 18.2 Å². The van der Waals surface area contributed by atoms with Crippen molar-refractivity contribution >= 4 is 17.3 Å². The Morgan fingerprint density at radius 1 is 1.24 bits per heavy atom. The van der Waals surface area contributed by atoms with Crippen LogP contribution in [0.5, 0.6) is 5.75 Å². The molecule has 7 heteroatoms. The molecule has 1 atom stereocenters. The first-order valence-electron chi connectivity index (χ1n) is 7.91. The fourth-order valence-corrected chi connectivity index (χ4v) is 2.16. The number of nitro groups is 1. The molecule has 0 aliphatic rings. The second-order valence-corrected chi connectivity index (χ2v) is 5.61. The number of hydrogen-bond acceptors (Lipinski definition) is 5. The number of anilines is 1. The minimum Gasteiger partial charge on any atom is -0.492 e. The maximum atomic E-state index is 12.3. The van der Waals surface area contributed by atoms with Crippen LogP contribution in [0.25, 0.3) is 0 Å². The summed E-state index contributed by atoms with van der Waals surface area (Å²) < 4.78 is 5.62. The van der Waals surface area contributed by atoms with Crippen LogP contribution in [0.1, 0.15) is 6.92 Å². The molecule has 1 amide bonds. The summed E-state index contributed by atoms with van der Waals surface area (Å²) in [6.07, 6.45) is 0. The molecule has 7 nitrogen and oxygen atoms in total. The molecule has 0 spiro atoms. The molecule has 0 heterocycles. The van der Waals surface area contributed by atoms with Gasteiger partial charge in [-0.25, -0.2) is 0 Å². The molecule has 132 valence electrons. The van der Waals surface area contributed by atoms with Gasteiger partial charge in [-0.1, -0.05) is 24.3 Å². The van der Waals surface area contributed by atoms with Gasteiger partial charge in [0.25, 0.3) is 5.69 Å². The molecule has 25 heavy (non-hydrogen) atoms. The molecular weight excluding hydrogens is 322 g/mol. The van der Waals surface area contributed by atoms with Crippen LogP contribution in [0, 0.1) is 10.1 Å². The predicted octanol–water partition coefficient (Wildman–Crippen LogP) is 2.93. The van der Waals surface area contributed by atoms with Crippen LogP contribution in [0.15, 0.2) is 54.6 Å². The molecule has 2 rings (SSSR count). The molecule has 0 saturated carbocycles. The number of nitrogens with zero attached hydrogens (tertiary/aromatic N) is 2. The van der Waals surface area contributed by atoms with E-state index in [9.17, 15) is 14.9 Å². The number of non-ortho nitro benzene ring substituents is 1. The lowest BCUT2D eigenvalue weighted by atomic mass is 10.2. The molecule has 0 fully saturated rings. The van der Waals surface area contributed by atoms with Crippen LogP contribution in [-0.2, 0) is 4.79 Å². The summed E-state index contributed by atoms with van der Waals surface area (Å²) in [5, 5.41) is 13.5. The van der Waals surface area contributed by atoms with E-state index in [2.05, 4.69) is 5.32 Å². The van der Waals surface area contributed by atoms with Crippen LogP contribution in [0.3, 0.4) is 0 Å². The van der Waals surface area contributed by atoms with Gasteiger partial charge in [-0.3, -0.25) is 19.8 Å². The third-order valence-corrected chi connectivity index (χ3v) is 3.82. The first kappa shape index (κ1) is 18.4. The first-order chi connectivity index (χ1) is 12.0. The van der Waals surface area contributed by atoms with Gasteiger partial charge in [-0.15, -0.1) is 0 Å². The predicted molar refractivity (Wildman–Crippen MR) is 95.8 cm³/mol. The Bertz CT molecular complexity index is 721. The Morgan fingerprint density at radius 3 is 2.64 bits per heavy atom. The smallest absolute Gasteiger partial charge is 0.271 e. The lowest BCUT2D eigenvalue weighted by Gasteiger charge is -2.23. The van der Waals surface area contributed by atoms with Gasteiger partial charge in [0.1, 0.15) is 12.4 Å². The number of carbonyl (C=O) groups is 1. The fourth-order valence-electron chi connectivity index (χ4n) is 2.16. The van der Waals surface area contributed by atoms with Crippen LogP contribution >= 0.6 is 0 Å². The van der Waals surface area contributed by atoms with Gasteiger partial charge in [0.2, 0.25) is 5.91 Å². The molecule has 0 aliphatic carbocycles. The number of benzene rings is 2. The molecule has 2 aromatic rings. The Balaban J connectivity index is 1.84. The number of ether oxygens (including phenoxy) is 1. The third kappa shape index (κ3) is 5.58. The average molecular weight is 343 g/mol. The number of amides is 1. The Hall–Kier alpha value is -2.93. The van der Waals surface area contributed by atoms with E-state index < -0.39 is 11.0 Å². The Kier molecular flexibility index (Phi) is 6.47. The summed E-state index contributed by atoms with van der Waals surface area (Å²) in [5.74, 6) is 0.548. The minimum absolute atomic E-state index is 0.0601. The Labute approximate surface area is 146 Å². The maximum absolute atomic E-state index is 12.3. The zero-order valence-electron chi connectivity index (χ0n) is 14.2. The standard InChI is InChI=1S/C18H21N3O4/c1-14(20(2)11-12-25-17-9-4-3-5-10-17)18(22)19-15-7-6-8-16(13-15)21(23)24/h3-10,13-14H,11-12H2,1-2H3,(H,19,22). The second-order valence-electron chi connectivity index (χ2n) is 5.61. The van der Waals surface area contributed by atoms with Crippen molar-refractivity contribution in [3.05, 3.63) is 64.7 Å². The van der Waals surface area contributed by atoms with Crippen molar-refractivity contribution in [2.75, 3.05) is 25.5 Å². The summed E-state index contributed by atoms with van der Waals surface area (Å²) in [5.41, 5.74) is 0.343. The zero-order valence-corrected chi connectivity index (χ0v) is 14.2. The quantitative estimate of drug-likeness (QED) is 0.588. The van der Waals surface area contributed by atoms with Crippen LogP contribution in [0.4, 0.5) is 11.4 Å². The minimum atomic E-state index is -0.494. The van der Waals surface area contributed by atoms with Crippen molar-refractivity contribution in [3.63, 3.8) is 0 Å². The molecule has 2 aromatic carbocycles. The number of likely N-dealkylation sites (N-methyl/N-ethyl adjacent to an activating group) is 1. The average Bonchev–Trinajstić information content (AvgIpc) is 2.62. The lowest BCUT2D eigenvalue weighted by Crippen LogP contribution is -2.41. The van der Waals surface area contributed by atoms with E-state index in [-0.39, 0.29) is 11.6 Å². The molecule has 0 saturated heterocycles. The summed E-state index contributed by atoms with van der Waals surface area (Å²) >= 11 is 0. The van der Waals surface area contributed by atoms with E-state index in [0.717, 1.165) is 5.75 Å². The number of para-hydroxylation sites is 1. The Morgan fingerprint density at radius 2 is 1.96 bits per heavy atom. The molecule has 0 aromatic heterocycles. The van der Waals surface area contributed by atoms with Gasteiger partial charge in [0, 0.05) is 24.4 Å². The van der Waals surface area contributed by atoms with Gasteiger partial charge >= 0.3 is 0 Å². The molecular formula is C18H21N3O4. The van der Waals surface area contributed by atoms with Crippen molar-refractivity contribution in [1.29, 1.82) is 0 Å². The highest BCUT2D eigenvalue weighted by molar-refractivity contribution is 5.94. The number of carbonyl (C=O) groups excluding carboxylic acids is 1. The number of hydrogen-bond donors (Lipinski definition) is 1. The summed E-state index contributed by atoms with van der Waals surface area (Å²) in [7, 11) is 1.83. The SMILES string of the molecule is CC(C(=O)Nc1cccc([N+](=O)[O-])c1)N(C)CCOc1ccccc1. The second kappa shape index (κ2) is 8.79. The van der Waals surface area contributed by atoms with Gasteiger partial charge in [-0.05, 0) is 32.2 Å². The van der Waals surface area contributed by atoms with Crippen molar-refractivity contribution in [2.45, 2.75) is 13.0 Å². The topological polar surface area (TPSA) is 84.7 Å². The molecule has 1 N–H and O–H groups in total. The lowest BCUT2D eigenvalue weighted by molar-refractivity contribution is -0.384. The summed E-state index contributed by atoms with van der Waals surface area (Å²) in [6.45, 7) is 2.79. The molecule has 1 unspecified atom stereocenters. The molecule has 0 radical (unpaired) electrons. The fraction of sp³-hybridized carbons (Fsp3) is 0.278. The van der Waals surface area contributed by atoms with Crippen LogP contribution in [0.2, 0.25) is 0 Å².